The van der Waals surface area contributed by atoms with Gasteiger partial charge in [0.2, 0.25) is 0 Å². The van der Waals surface area contributed by atoms with E-state index in [1.54, 1.807) is 0 Å². The van der Waals surface area contributed by atoms with Crippen LogP contribution in [0.3, 0.4) is 0 Å². The molecule has 0 aromatic rings. The molecule has 0 aliphatic rings. The Kier molecular flexibility index (Phi) is 7.53. The third-order valence-corrected chi connectivity index (χ3v) is 3.45. The van der Waals surface area contributed by atoms with E-state index in [1.165, 1.54) is 0 Å². The summed E-state index contributed by atoms with van der Waals surface area (Å²) in [6.45, 7) is 1.92. The highest BCUT2D eigenvalue weighted by molar-refractivity contribution is 7.85. The molecule has 0 rings (SSSR count). The monoisotopic (exact) mass is 302 g/mol. The number of hydrogen-bond donors (Lipinski definition) is 3. The van der Waals surface area contributed by atoms with Crippen molar-refractivity contribution in [3.63, 3.8) is 0 Å². The van der Waals surface area contributed by atoms with Gasteiger partial charge < -0.3 is 9.80 Å². The highest BCUT2D eigenvalue weighted by atomic mass is 35.5. The first-order valence-corrected chi connectivity index (χ1v) is 7.57. The first-order valence-electron chi connectivity index (χ1n) is 5.58. The fraction of sp³-hybridized carbons (Fsp3) is 0.889. The van der Waals surface area contributed by atoms with Crippen molar-refractivity contribution in [1.82, 2.24) is 10.2 Å². The minimum atomic E-state index is -3.88. The second-order valence-corrected chi connectivity index (χ2v) is 6.49. The molecule has 2 amide bonds. The van der Waals surface area contributed by atoms with E-state index < -0.39 is 16.1 Å². The van der Waals surface area contributed by atoms with Gasteiger partial charge in [0.25, 0.3) is 10.1 Å². The zero-order chi connectivity index (χ0) is 14.2. The van der Waals surface area contributed by atoms with E-state index in [-0.39, 0.29) is 5.75 Å². The average Bonchev–Trinajstić information content (AvgIpc) is 2.21. The lowest BCUT2D eigenvalue weighted by atomic mass is 10.3. The van der Waals surface area contributed by atoms with Crippen LogP contribution >= 0.6 is 11.8 Å². The summed E-state index contributed by atoms with van der Waals surface area (Å²) in [5.41, 5.74) is 0. The predicted octanol–water partition coefficient (Wildman–Crippen LogP) is 0.184. The minimum Gasteiger partial charge on any atom is -0.337 e. The summed E-state index contributed by atoms with van der Waals surface area (Å²) in [5.74, 6) is -0.221. The summed E-state index contributed by atoms with van der Waals surface area (Å²) in [7, 11) is 0.0515. The van der Waals surface area contributed by atoms with Crippen molar-refractivity contribution in [3.8, 4) is 0 Å². The van der Waals surface area contributed by atoms with Gasteiger partial charge in [0.05, 0.1) is 32.9 Å². The standard InChI is InChI=1S/C9H20ClN3O4S/c1-13(2,7-4-8-18(15,16)17)6-3-5-11-9(14)12-10/h3-8H2,1-2H3,(H2-,11,12,14,15,16,17)/p+1. The van der Waals surface area contributed by atoms with E-state index >= 15 is 0 Å². The summed E-state index contributed by atoms with van der Waals surface area (Å²) in [6, 6.07) is -0.437. The number of hydrogen-bond acceptors (Lipinski definition) is 3. The number of nitrogens with one attached hydrogen (secondary N) is 2. The Morgan fingerprint density at radius 2 is 1.83 bits per heavy atom. The highest BCUT2D eigenvalue weighted by Gasteiger charge is 2.16. The van der Waals surface area contributed by atoms with Crippen molar-refractivity contribution in [2.75, 3.05) is 39.5 Å². The number of carbonyl (C=O) groups excluding carboxylic acids is 1. The van der Waals surface area contributed by atoms with Crippen molar-refractivity contribution in [1.29, 1.82) is 0 Å². The molecule has 0 saturated carbocycles. The first kappa shape index (κ1) is 17.4. The molecule has 0 radical (unpaired) electrons. The maximum atomic E-state index is 10.8. The predicted molar refractivity (Wildman–Crippen MR) is 69.9 cm³/mol. The normalized spacial score (nSPS) is 12.2. The van der Waals surface area contributed by atoms with Gasteiger partial charge in [0.1, 0.15) is 0 Å². The molecule has 0 saturated heterocycles. The molecule has 7 nitrogen and oxygen atoms in total. The number of halogens is 1. The zero-order valence-electron chi connectivity index (χ0n) is 10.6. The van der Waals surface area contributed by atoms with Crippen molar-refractivity contribution in [3.05, 3.63) is 0 Å². The average molecular weight is 303 g/mol. The van der Waals surface area contributed by atoms with Gasteiger partial charge >= 0.3 is 6.03 Å². The van der Waals surface area contributed by atoms with Crippen molar-refractivity contribution in [2.24, 2.45) is 0 Å². The molecule has 0 aliphatic carbocycles. The molecule has 0 bridgehead atoms. The highest BCUT2D eigenvalue weighted by Crippen LogP contribution is 2.02. The molecule has 108 valence electrons. The molecular weight excluding hydrogens is 282 g/mol. The molecule has 3 N–H and O–H groups in total. The van der Waals surface area contributed by atoms with Crippen LogP contribution in [-0.4, -0.2) is 63.0 Å². The molecule has 0 aromatic carbocycles. The van der Waals surface area contributed by atoms with Crippen LogP contribution in [0.4, 0.5) is 4.79 Å². The number of quaternary nitrogens is 1. The summed E-state index contributed by atoms with van der Waals surface area (Å²) >= 11 is 5.09. The largest absolute Gasteiger partial charge is 0.337 e. The number of amides is 2. The van der Waals surface area contributed by atoms with E-state index in [9.17, 15) is 13.2 Å². The lowest BCUT2D eigenvalue weighted by Gasteiger charge is -2.29. The second kappa shape index (κ2) is 7.78. The van der Waals surface area contributed by atoms with E-state index in [2.05, 4.69) is 5.32 Å². The Balaban J connectivity index is 3.76. The molecule has 18 heavy (non-hydrogen) atoms. The Bertz CT molecular complexity index is 359. The van der Waals surface area contributed by atoms with Gasteiger partial charge in [0.15, 0.2) is 0 Å². The summed E-state index contributed by atoms with van der Waals surface area (Å²) < 4.78 is 30.4. The van der Waals surface area contributed by atoms with E-state index in [1.807, 2.05) is 18.9 Å². The number of rotatable bonds is 8. The van der Waals surface area contributed by atoms with Crippen LogP contribution in [0.25, 0.3) is 0 Å². The van der Waals surface area contributed by atoms with Gasteiger partial charge in [0, 0.05) is 31.2 Å². The Hall–Kier alpha value is -0.570. The molecule has 9 heteroatoms. The molecule has 0 aromatic heterocycles. The third kappa shape index (κ3) is 10.6. The fourth-order valence-corrected chi connectivity index (χ4v) is 2.09. The van der Waals surface area contributed by atoms with Crippen molar-refractivity contribution < 1.29 is 22.2 Å². The lowest BCUT2D eigenvalue weighted by molar-refractivity contribution is -0.890. The van der Waals surface area contributed by atoms with Gasteiger partial charge in [-0.15, -0.1) is 0 Å². The van der Waals surface area contributed by atoms with Crippen molar-refractivity contribution in [2.45, 2.75) is 12.8 Å². The smallest absolute Gasteiger partial charge is 0.329 e. The summed E-state index contributed by atoms with van der Waals surface area (Å²) in [5, 5.41) is 2.56. The van der Waals surface area contributed by atoms with Gasteiger partial charge in [-0.3, -0.25) is 4.55 Å². The van der Waals surface area contributed by atoms with Crippen LogP contribution in [0.1, 0.15) is 12.8 Å². The zero-order valence-corrected chi connectivity index (χ0v) is 12.2. The van der Waals surface area contributed by atoms with Crippen molar-refractivity contribution >= 4 is 27.9 Å². The lowest BCUT2D eigenvalue weighted by Crippen LogP contribution is -2.43. The SMILES string of the molecule is C[N+](C)(CCCNC(=O)NCl)CCCS(=O)(=O)O. The quantitative estimate of drug-likeness (QED) is 0.258. The van der Waals surface area contributed by atoms with Crippen LogP contribution in [0.5, 0.6) is 0 Å². The Morgan fingerprint density at radius 3 is 2.33 bits per heavy atom. The summed E-state index contributed by atoms with van der Waals surface area (Å²) in [6.07, 6.45) is 1.16. The molecule has 0 unspecified atom stereocenters. The maximum Gasteiger partial charge on any atom is 0.329 e. The maximum absolute atomic E-state index is 10.8. The molecule has 0 spiro atoms. The van der Waals surface area contributed by atoms with E-state index in [4.69, 9.17) is 16.3 Å². The van der Waals surface area contributed by atoms with E-state index in [0.717, 1.165) is 13.0 Å². The third-order valence-electron chi connectivity index (χ3n) is 2.48. The van der Waals surface area contributed by atoms with Crippen LogP contribution in [-0.2, 0) is 10.1 Å². The van der Waals surface area contributed by atoms with Gasteiger partial charge in [-0.25, -0.2) is 9.63 Å². The minimum absolute atomic E-state index is 0.221. The molecule has 0 fully saturated rings. The van der Waals surface area contributed by atoms with Crippen LogP contribution in [0, 0.1) is 0 Å². The fourth-order valence-electron chi connectivity index (χ4n) is 1.53. The molecule has 0 aliphatic heterocycles. The van der Waals surface area contributed by atoms with Gasteiger partial charge in [-0.05, 0) is 0 Å². The number of nitrogens with zero attached hydrogens (tertiary/aromatic N) is 1. The molecule has 0 atom stereocenters. The van der Waals surface area contributed by atoms with Crippen LogP contribution in [0.15, 0.2) is 0 Å². The Morgan fingerprint density at radius 1 is 1.28 bits per heavy atom. The topological polar surface area (TPSA) is 95.5 Å². The number of urea groups is 1. The molecular formula is C9H21ClN3O4S+. The number of carbonyl (C=O) groups is 1. The van der Waals surface area contributed by atoms with Crippen LogP contribution in [0.2, 0.25) is 0 Å². The molecule has 0 heterocycles. The second-order valence-electron chi connectivity index (χ2n) is 4.73. The van der Waals surface area contributed by atoms with Crippen LogP contribution < -0.4 is 10.2 Å². The van der Waals surface area contributed by atoms with E-state index in [0.29, 0.717) is 24.0 Å². The van der Waals surface area contributed by atoms with Gasteiger partial charge in [-0.2, -0.15) is 8.42 Å². The summed E-state index contributed by atoms with van der Waals surface area (Å²) in [4.78, 5) is 12.7. The Labute approximate surface area is 113 Å². The first-order chi connectivity index (χ1) is 8.16. The van der Waals surface area contributed by atoms with Gasteiger partial charge in [-0.1, -0.05) is 0 Å².